The van der Waals surface area contributed by atoms with E-state index in [-0.39, 0.29) is 18.0 Å². The highest BCUT2D eigenvalue weighted by atomic mass is 16.2. The molecule has 0 bridgehead atoms. The van der Waals surface area contributed by atoms with Crippen molar-refractivity contribution in [2.75, 3.05) is 31.1 Å². The smallest absolute Gasteiger partial charge is 0.244 e. The fourth-order valence-electron chi connectivity index (χ4n) is 5.19. The van der Waals surface area contributed by atoms with Gasteiger partial charge in [-0.25, -0.2) is 0 Å². The Kier molecular flexibility index (Phi) is 5.32. The maximum absolute atomic E-state index is 13.3. The predicted octanol–water partition coefficient (Wildman–Crippen LogP) is 3.30. The molecule has 2 aliphatic heterocycles. The lowest BCUT2D eigenvalue weighted by molar-refractivity contribution is -0.124. The number of rotatable bonds is 3. The van der Waals surface area contributed by atoms with Crippen LogP contribution in [0.25, 0.3) is 0 Å². The molecule has 3 aliphatic rings. The molecule has 4 nitrogen and oxygen atoms in total. The molecular weight excluding hydrogens is 322 g/mol. The zero-order valence-electron chi connectivity index (χ0n) is 16.4. The van der Waals surface area contributed by atoms with Crippen LogP contribution in [0.4, 0.5) is 5.69 Å². The van der Waals surface area contributed by atoms with Gasteiger partial charge in [-0.2, -0.15) is 0 Å². The number of hydrogen-bond acceptors (Lipinski definition) is 3. The van der Waals surface area contributed by atoms with Crippen LogP contribution in [-0.4, -0.2) is 60.0 Å². The van der Waals surface area contributed by atoms with Crippen molar-refractivity contribution in [3.05, 3.63) is 29.8 Å². The topological polar surface area (TPSA) is 26.8 Å². The van der Waals surface area contributed by atoms with Gasteiger partial charge in [0.05, 0.1) is 6.04 Å². The maximum atomic E-state index is 13.3. The van der Waals surface area contributed by atoms with Gasteiger partial charge in [0.1, 0.15) is 0 Å². The van der Waals surface area contributed by atoms with Gasteiger partial charge in [-0.1, -0.05) is 37.5 Å². The first kappa shape index (κ1) is 18.0. The fraction of sp³-hybridized carbons (Fsp3) is 0.682. The molecule has 0 aromatic heterocycles. The third kappa shape index (κ3) is 3.41. The Hall–Kier alpha value is -1.39. The number of amides is 1. The van der Waals surface area contributed by atoms with Gasteiger partial charge in [0.2, 0.25) is 5.91 Å². The molecule has 0 spiro atoms. The van der Waals surface area contributed by atoms with E-state index in [4.69, 9.17) is 0 Å². The number of fused-ring (bicyclic) bond motifs is 1. The second-order valence-corrected chi connectivity index (χ2v) is 8.43. The summed E-state index contributed by atoms with van der Waals surface area (Å²) in [6.07, 6.45) is 7.92. The van der Waals surface area contributed by atoms with E-state index in [0.29, 0.717) is 0 Å². The molecule has 1 aromatic rings. The highest BCUT2D eigenvalue weighted by molar-refractivity contribution is 5.99. The lowest BCUT2D eigenvalue weighted by atomic mass is 9.93. The van der Waals surface area contributed by atoms with E-state index >= 15 is 0 Å². The third-order valence-electron chi connectivity index (χ3n) is 6.79. The van der Waals surface area contributed by atoms with E-state index in [9.17, 15) is 4.79 Å². The minimum atomic E-state index is -0.0305. The number of carbonyl (C=O) groups excluding carboxylic acids is 1. The van der Waals surface area contributed by atoms with Crippen molar-refractivity contribution in [2.24, 2.45) is 0 Å². The van der Waals surface area contributed by atoms with Gasteiger partial charge in [-0.05, 0) is 44.7 Å². The summed E-state index contributed by atoms with van der Waals surface area (Å²) in [7, 11) is 0. The highest BCUT2D eigenvalue weighted by Gasteiger charge is 2.36. The molecule has 1 saturated heterocycles. The number of nitrogens with zero attached hydrogens (tertiary/aromatic N) is 3. The second kappa shape index (κ2) is 7.69. The zero-order chi connectivity index (χ0) is 18.1. The summed E-state index contributed by atoms with van der Waals surface area (Å²) >= 11 is 0. The summed E-state index contributed by atoms with van der Waals surface area (Å²) in [5.41, 5.74) is 2.43. The van der Waals surface area contributed by atoms with Crippen LogP contribution in [0.15, 0.2) is 24.3 Å². The molecule has 26 heavy (non-hydrogen) atoms. The number of anilines is 1. The van der Waals surface area contributed by atoms with Gasteiger partial charge in [0, 0.05) is 44.0 Å². The Balaban J connectivity index is 1.37. The summed E-state index contributed by atoms with van der Waals surface area (Å²) in [5.74, 6) is 0.272. The predicted molar refractivity (Wildman–Crippen MR) is 107 cm³/mol. The van der Waals surface area contributed by atoms with Crippen LogP contribution in [0.2, 0.25) is 0 Å². The van der Waals surface area contributed by atoms with E-state index < -0.39 is 0 Å². The Labute approximate surface area is 158 Å². The number of piperazine rings is 1. The van der Waals surface area contributed by atoms with Crippen molar-refractivity contribution >= 4 is 11.6 Å². The molecule has 1 aliphatic carbocycles. The van der Waals surface area contributed by atoms with Crippen LogP contribution in [0, 0.1) is 0 Å². The third-order valence-corrected chi connectivity index (χ3v) is 6.79. The van der Waals surface area contributed by atoms with Crippen molar-refractivity contribution in [3.8, 4) is 0 Å². The Bertz CT molecular complexity index is 632. The normalized spacial score (nSPS) is 26.7. The lowest BCUT2D eigenvalue weighted by Gasteiger charge is -2.43. The average Bonchev–Trinajstić information content (AvgIpc) is 3.03. The van der Waals surface area contributed by atoms with Crippen LogP contribution in [0.3, 0.4) is 0 Å². The van der Waals surface area contributed by atoms with Crippen molar-refractivity contribution in [1.82, 2.24) is 9.80 Å². The Morgan fingerprint density at radius 1 is 1.04 bits per heavy atom. The summed E-state index contributed by atoms with van der Waals surface area (Å²) < 4.78 is 0. The molecule has 0 N–H and O–H groups in total. The molecule has 1 aromatic carbocycles. The van der Waals surface area contributed by atoms with E-state index in [1.54, 1.807) is 0 Å². The molecule has 0 unspecified atom stereocenters. The molecule has 2 fully saturated rings. The van der Waals surface area contributed by atoms with Gasteiger partial charge in [-0.3, -0.25) is 14.6 Å². The quantitative estimate of drug-likeness (QED) is 0.832. The lowest BCUT2D eigenvalue weighted by Crippen LogP contribution is -2.57. The van der Waals surface area contributed by atoms with E-state index in [1.165, 1.54) is 37.7 Å². The van der Waals surface area contributed by atoms with E-state index in [2.05, 4.69) is 41.8 Å². The van der Waals surface area contributed by atoms with Gasteiger partial charge >= 0.3 is 0 Å². The van der Waals surface area contributed by atoms with Gasteiger partial charge in [0.25, 0.3) is 0 Å². The van der Waals surface area contributed by atoms with E-state index in [0.717, 1.165) is 44.3 Å². The van der Waals surface area contributed by atoms with Crippen molar-refractivity contribution in [1.29, 1.82) is 0 Å². The first-order chi connectivity index (χ1) is 12.6. The highest BCUT2D eigenvalue weighted by Crippen LogP contribution is 2.33. The minimum absolute atomic E-state index is 0.0305. The fourth-order valence-corrected chi connectivity index (χ4v) is 5.19. The van der Waals surface area contributed by atoms with Crippen LogP contribution >= 0.6 is 0 Å². The van der Waals surface area contributed by atoms with Crippen LogP contribution in [0.1, 0.15) is 51.5 Å². The van der Waals surface area contributed by atoms with Crippen molar-refractivity contribution in [3.63, 3.8) is 0 Å². The Morgan fingerprint density at radius 2 is 1.73 bits per heavy atom. The molecule has 2 atom stereocenters. The zero-order valence-corrected chi connectivity index (χ0v) is 16.4. The first-order valence-electron chi connectivity index (χ1n) is 10.5. The van der Waals surface area contributed by atoms with Crippen LogP contribution in [0.5, 0.6) is 0 Å². The van der Waals surface area contributed by atoms with Crippen LogP contribution < -0.4 is 4.90 Å². The maximum Gasteiger partial charge on any atom is 0.244 e. The van der Waals surface area contributed by atoms with Gasteiger partial charge < -0.3 is 4.90 Å². The van der Waals surface area contributed by atoms with Crippen molar-refractivity contribution < 1.29 is 4.79 Å². The monoisotopic (exact) mass is 355 g/mol. The number of benzene rings is 1. The summed E-state index contributed by atoms with van der Waals surface area (Å²) in [4.78, 5) is 20.4. The molecule has 1 saturated carbocycles. The van der Waals surface area contributed by atoms with E-state index in [1.807, 2.05) is 11.0 Å². The molecule has 1 amide bonds. The molecule has 4 heteroatoms. The Morgan fingerprint density at radius 3 is 2.46 bits per heavy atom. The number of hydrogen-bond donors (Lipinski definition) is 0. The van der Waals surface area contributed by atoms with Gasteiger partial charge in [0.15, 0.2) is 0 Å². The molecular formula is C22H33N3O. The summed E-state index contributed by atoms with van der Waals surface area (Å²) in [5, 5.41) is 0. The average molecular weight is 356 g/mol. The molecule has 142 valence electrons. The van der Waals surface area contributed by atoms with Gasteiger partial charge in [-0.15, -0.1) is 0 Å². The largest absolute Gasteiger partial charge is 0.308 e. The molecule has 0 radical (unpaired) electrons. The van der Waals surface area contributed by atoms with Crippen molar-refractivity contribution in [2.45, 2.75) is 70.5 Å². The minimum Gasteiger partial charge on any atom is -0.308 e. The number of para-hydroxylation sites is 1. The number of carbonyl (C=O) groups is 1. The summed E-state index contributed by atoms with van der Waals surface area (Å²) in [6, 6.07) is 9.42. The molecule has 2 heterocycles. The second-order valence-electron chi connectivity index (χ2n) is 8.43. The SMILES string of the molecule is C[C@H](C(=O)N1c2ccccc2C[C@@H]1C)N1CCN(C2CCCCC2)CC1. The molecule has 4 rings (SSSR count). The standard InChI is InChI=1S/C22H33N3O/c1-17-16-19-8-6-7-11-21(19)25(17)22(26)18(2)23-12-14-24(15-13-23)20-9-4-3-5-10-20/h6-8,11,17-18,20H,3-5,9-10,12-16H2,1-2H3/t17-,18+/m0/s1. The summed E-state index contributed by atoms with van der Waals surface area (Å²) in [6.45, 7) is 8.56. The van der Waals surface area contributed by atoms with Crippen LogP contribution in [-0.2, 0) is 11.2 Å². The first-order valence-corrected chi connectivity index (χ1v) is 10.5.